The van der Waals surface area contributed by atoms with Gasteiger partial charge in [0, 0.05) is 13.0 Å². The summed E-state index contributed by atoms with van der Waals surface area (Å²) in [5.74, 6) is -0.973. The van der Waals surface area contributed by atoms with E-state index in [1.807, 2.05) is 6.92 Å². The third-order valence-corrected chi connectivity index (χ3v) is 4.64. The lowest BCUT2D eigenvalue weighted by molar-refractivity contribution is -0.154. The van der Waals surface area contributed by atoms with Crippen molar-refractivity contribution in [2.75, 3.05) is 13.2 Å². The number of ether oxygens (including phenoxy) is 1. The van der Waals surface area contributed by atoms with Gasteiger partial charge in [0.05, 0.1) is 17.6 Å². The molecule has 1 saturated carbocycles. The predicted molar refractivity (Wildman–Crippen MR) is 74.4 cm³/mol. The van der Waals surface area contributed by atoms with Crippen molar-refractivity contribution in [3.8, 4) is 0 Å². The van der Waals surface area contributed by atoms with Crippen LogP contribution >= 0.6 is 0 Å². The van der Waals surface area contributed by atoms with Gasteiger partial charge in [0.2, 0.25) is 5.91 Å². The van der Waals surface area contributed by atoms with Gasteiger partial charge in [-0.2, -0.15) is 0 Å². The van der Waals surface area contributed by atoms with Crippen LogP contribution in [-0.2, 0) is 14.3 Å². The molecule has 1 aliphatic heterocycles. The van der Waals surface area contributed by atoms with Gasteiger partial charge in [-0.05, 0) is 32.6 Å². The molecule has 5 heteroatoms. The summed E-state index contributed by atoms with van der Waals surface area (Å²) in [5, 5.41) is 12.5. The molecule has 0 bridgehead atoms. The minimum Gasteiger partial charge on any atom is -0.481 e. The zero-order valence-corrected chi connectivity index (χ0v) is 12.2. The number of aliphatic carboxylic acids is 1. The second-order valence-corrected chi connectivity index (χ2v) is 6.59. The Labute approximate surface area is 120 Å². The predicted octanol–water partition coefficient (Wildman–Crippen LogP) is 2.10. The highest BCUT2D eigenvalue weighted by Crippen LogP contribution is 2.39. The first kappa shape index (κ1) is 15.3. The smallest absolute Gasteiger partial charge is 0.310 e. The lowest BCUT2D eigenvalue weighted by Crippen LogP contribution is -2.53. The number of nitrogens with one attached hydrogen (secondary N) is 1. The van der Waals surface area contributed by atoms with E-state index in [1.165, 1.54) is 0 Å². The van der Waals surface area contributed by atoms with Crippen molar-refractivity contribution < 1.29 is 19.4 Å². The number of carbonyl (C=O) groups excluding carboxylic acids is 1. The zero-order valence-electron chi connectivity index (χ0n) is 12.2. The minimum atomic E-state index is -0.853. The van der Waals surface area contributed by atoms with Crippen LogP contribution in [0.15, 0.2) is 0 Å². The van der Waals surface area contributed by atoms with Gasteiger partial charge in [-0.1, -0.05) is 19.3 Å². The summed E-state index contributed by atoms with van der Waals surface area (Å²) >= 11 is 0. The van der Waals surface area contributed by atoms with E-state index in [9.17, 15) is 14.7 Å². The average Bonchev–Trinajstić information content (AvgIpc) is 2.39. The van der Waals surface area contributed by atoms with Crippen LogP contribution in [0.3, 0.4) is 0 Å². The van der Waals surface area contributed by atoms with Gasteiger partial charge < -0.3 is 15.2 Å². The standard InChI is InChI=1S/C15H25NO4/c1-14(6-5-9-20-11-14)16-12(17)10-15(13(18)19)7-3-2-4-8-15/h2-11H2,1H3,(H,16,17)(H,18,19). The van der Waals surface area contributed by atoms with Crippen LogP contribution in [0.4, 0.5) is 0 Å². The van der Waals surface area contributed by atoms with E-state index < -0.39 is 11.4 Å². The van der Waals surface area contributed by atoms with Crippen molar-refractivity contribution in [3.05, 3.63) is 0 Å². The SMILES string of the molecule is CC1(NC(=O)CC2(C(=O)O)CCCCC2)CCCOC1. The Morgan fingerprint density at radius 2 is 1.85 bits per heavy atom. The first-order valence-corrected chi connectivity index (χ1v) is 7.58. The molecule has 0 aromatic heterocycles. The Kier molecular flexibility index (Phi) is 4.68. The highest BCUT2D eigenvalue weighted by molar-refractivity contribution is 5.85. The normalized spacial score (nSPS) is 29.6. The molecule has 1 amide bonds. The lowest BCUT2D eigenvalue weighted by atomic mass is 9.71. The second kappa shape index (κ2) is 6.12. The van der Waals surface area contributed by atoms with Crippen LogP contribution < -0.4 is 5.32 Å². The molecule has 0 radical (unpaired) electrons. The summed E-state index contributed by atoms with van der Waals surface area (Å²) in [6.07, 6.45) is 6.02. The van der Waals surface area contributed by atoms with E-state index >= 15 is 0 Å². The molecule has 1 saturated heterocycles. The highest BCUT2D eigenvalue weighted by Gasteiger charge is 2.42. The molecule has 1 unspecified atom stereocenters. The summed E-state index contributed by atoms with van der Waals surface area (Å²) in [4.78, 5) is 23.8. The third-order valence-electron chi connectivity index (χ3n) is 4.64. The number of carbonyl (C=O) groups is 2. The average molecular weight is 283 g/mol. The highest BCUT2D eigenvalue weighted by atomic mass is 16.5. The summed E-state index contributed by atoms with van der Waals surface area (Å²) in [6, 6.07) is 0. The quantitative estimate of drug-likeness (QED) is 0.828. The van der Waals surface area contributed by atoms with Crippen molar-refractivity contribution >= 4 is 11.9 Å². The monoisotopic (exact) mass is 283 g/mol. The van der Waals surface area contributed by atoms with Crippen LogP contribution in [0.25, 0.3) is 0 Å². The summed E-state index contributed by atoms with van der Waals surface area (Å²) in [7, 11) is 0. The molecule has 20 heavy (non-hydrogen) atoms. The van der Waals surface area contributed by atoms with Gasteiger partial charge in [-0.15, -0.1) is 0 Å². The molecule has 0 aromatic carbocycles. The van der Waals surface area contributed by atoms with Crippen molar-refractivity contribution in [2.45, 2.75) is 63.8 Å². The lowest BCUT2D eigenvalue weighted by Gasteiger charge is -2.37. The fraction of sp³-hybridized carbons (Fsp3) is 0.867. The molecule has 2 rings (SSSR count). The Hall–Kier alpha value is -1.10. The van der Waals surface area contributed by atoms with Crippen LogP contribution in [0.2, 0.25) is 0 Å². The van der Waals surface area contributed by atoms with Crippen molar-refractivity contribution in [1.82, 2.24) is 5.32 Å². The summed E-state index contributed by atoms with van der Waals surface area (Å²) in [5.41, 5.74) is -1.20. The maximum Gasteiger partial charge on any atom is 0.310 e. The van der Waals surface area contributed by atoms with E-state index in [1.54, 1.807) is 0 Å². The Balaban J connectivity index is 1.96. The molecule has 5 nitrogen and oxygen atoms in total. The first-order valence-electron chi connectivity index (χ1n) is 7.58. The maximum atomic E-state index is 12.3. The fourth-order valence-corrected chi connectivity index (χ4v) is 3.42. The molecule has 1 heterocycles. The number of hydrogen-bond donors (Lipinski definition) is 2. The fourth-order valence-electron chi connectivity index (χ4n) is 3.42. The van der Waals surface area contributed by atoms with Crippen LogP contribution in [-0.4, -0.2) is 35.7 Å². The number of carboxylic acids is 1. The number of hydrogen-bond acceptors (Lipinski definition) is 3. The molecule has 1 atom stereocenters. The maximum absolute atomic E-state index is 12.3. The minimum absolute atomic E-state index is 0.0952. The Morgan fingerprint density at radius 1 is 1.15 bits per heavy atom. The van der Waals surface area contributed by atoms with E-state index in [-0.39, 0.29) is 17.9 Å². The molecular weight excluding hydrogens is 258 g/mol. The number of carboxylic acid groups (broad SMARTS) is 1. The largest absolute Gasteiger partial charge is 0.481 e. The summed E-state index contributed by atoms with van der Waals surface area (Å²) in [6.45, 7) is 3.22. The second-order valence-electron chi connectivity index (χ2n) is 6.59. The van der Waals surface area contributed by atoms with Crippen LogP contribution in [0, 0.1) is 5.41 Å². The zero-order chi connectivity index (χ0) is 14.6. The molecule has 114 valence electrons. The molecule has 2 N–H and O–H groups in total. The Bertz CT molecular complexity index is 368. The van der Waals surface area contributed by atoms with E-state index in [0.717, 1.165) is 38.7 Å². The van der Waals surface area contributed by atoms with Gasteiger partial charge in [0.15, 0.2) is 0 Å². The molecule has 1 aliphatic carbocycles. The van der Waals surface area contributed by atoms with Crippen molar-refractivity contribution in [1.29, 1.82) is 0 Å². The van der Waals surface area contributed by atoms with Gasteiger partial charge >= 0.3 is 5.97 Å². The molecule has 0 aromatic rings. The first-order chi connectivity index (χ1) is 9.46. The van der Waals surface area contributed by atoms with Gasteiger partial charge in [0.1, 0.15) is 0 Å². The van der Waals surface area contributed by atoms with Crippen molar-refractivity contribution in [2.24, 2.45) is 5.41 Å². The number of rotatable bonds is 4. The van der Waals surface area contributed by atoms with Gasteiger partial charge in [0.25, 0.3) is 0 Å². The third kappa shape index (κ3) is 3.51. The van der Waals surface area contributed by atoms with Crippen LogP contribution in [0.5, 0.6) is 0 Å². The topological polar surface area (TPSA) is 75.6 Å². The summed E-state index contributed by atoms with van der Waals surface area (Å²) < 4.78 is 5.42. The number of amides is 1. The Morgan fingerprint density at radius 3 is 2.40 bits per heavy atom. The van der Waals surface area contributed by atoms with E-state index in [0.29, 0.717) is 19.4 Å². The van der Waals surface area contributed by atoms with Crippen LogP contribution in [0.1, 0.15) is 58.3 Å². The molecular formula is C15H25NO4. The van der Waals surface area contributed by atoms with E-state index in [4.69, 9.17) is 4.74 Å². The molecule has 2 fully saturated rings. The molecule has 0 spiro atoms. The van der Waals surface area contributed by atoms with Gasteiger partial charge in [-0.25, -0.2) is 0 Å². The van der Waals surface area contributed by atoms with Gasteiger partial charge in [-0.3, -0.25) is 9.59 Å². The van der Waals surface area contributed by atoms with Crippen molar-refractivity contribution in [3.63, 3.8) is 0 Å². The van der Waals surface area contributed by atoms with E-state index in [2.05, 4.69) is 5.32 Å². The molecule has 2 aliphatic rings.